The minimum absolute atomic E-state index is 0.204. The number of carbonyl (C=O) groups is 1. The normalized spacial score (nSPS) is 20.9. The molecule has 1 aromatic rings. The summed E-state index contributed by atoms with van der Waals surface area (Å²) < 4.78 is 0. The van der Waals surface area contributed by atoms with Gasteiger partial charge in [-0.1, -0.05) is 0 Å². The van der Waals surface area contributed by atoms with Crippen molar-refractivity contribution in [3.05, 3.63) is 24.0 Å². The Labute approximate surface area is 108 Å². The number of hydrogen-bond acceptors (Lipinski definition) is 2. The van der Waals surface area contributed by atoms with Gasteiger partial charge in [0.2, 0.25) is 0 Å². The van der Waals surface area contributed by atoms with Gasteiger partial charge >= 0.3 is 0 Å². The fraction of sp³-hybridized carbons (Fsp3) is 0.643. The number of rotatable bonds is 4. The Hall–Kier alpha value is -1.29. The monoisotopic (exact) mass is 247 g/mol. The van der Waals surface area contributed by atoms with E-state index in [1.807, 2.05) is 18.5 Å². The van der Waals surface area contributed by atoms with Crippen molar-refractivity contribution in [2.24, 2.45) is 5.92 Å². The van der Waals surface area contributed by atoms with Crippen LogP contribution in [0.1, 0.15) is 36.0 Å². The van der Waals surface area contributed by atoms with Crippen molar-refractivity contribution >= 4 is 5.91 Å². The number of H-pyrrole nitrogens is 1. The van der Waals surface area contributed by atoms with Crippen LogP contribution in [-0.2, 0) is 0 Å². The van der Waals surface area contributed by atoms with Crippen LogP contribution in [-0.4, -0.2) is 41.5 Å². The fourth-order valence-electron chi connectivity index (χ4n) is 2.72. The van der Waals surface area contributed by atoms with Gasteiger partial charge in [0.15, 0.2) is 0 Å². The molecule has 1 saturated heterocycles. The smallest absolute Gasteiger partial charge is 0.255 e. The van der Waals surface area contributed by atoms with E-state index in [0.717, 1.165) is 44.0 Å². The van der Waals surface area contributed by atoms with Crippen molar-refractivity contribution in [1.82, 2.24) is 15.2 Å². The van der Waals surface area contributed by atoms with E-state index in [4.69, 9.17) is 0 Å². The topological polar surface area (TPSA) is 48.1 Å². The maximum atomic E-state index is 12.6. The zero-order chi connectivity index (χ0) is 12.4. The zero-order valence-electron chi connectivity index (χ0n) is 10.7. The molecule has 1 aromatic heterocycles. The Balaban J connectivity index is 1.73. The molecule has 0 radical (unpaired) electrons. The number of amides is 1. The second kappa shape index (κ2) is 5.14. The van der Waals surface area contributed by atoms with Crippen LogP contribution in [0.15, 0.2) is 18.5 Å². The molecular formula is C14H21N3O. The van der Waals surface area contributed by atoms with Gasteiger partial charge in [-0.15, -0.1) is 0 Å². The molecule has 1 aliphatic heterocycles. The van der Waals surface area contributed by atoms with Gasteiger partial charge in [-0.25, -0.2) is 0 Å². The first-order chi connectivity index (χ1) is 8.84. The van der Waals surface area contributed by atoms with Crippen LogP contribution in [0.25, 0.3) is 0 Å². The summed E-state index contributed by atoms with van der Waals surface area (Å²) in [5.41, 5.74) is 0.800. The molecule has 3 rings (SSSR count). The molecule has 4 nitrogen and oxygen atoms in total. The van der Waals surface area contributed by atoms with Crippen molar-refractivity contribution in [2.75, 3.05) is 19.6 Å². The predicted molar refractivity (Wildman–Crippen MR) is 70.4 cm³/mol. The average Bonchev–Trinajstić information content (AvgIpc) is 3.07. The van der Waals surface area contributed by atoms with Crippen molar-refractivity contribution in [1.29, 1.82) is 0 Å². The molecule has 0 atom stereocenters. The Morgan fingerprint density at radius 1 is 1.28 bits per heavy atom. The highest BCUT2D eigenvalue weighted by Gasteiger charge is 2.32. The Bertz CT molecular complexity index is 391. The quantitative estimate of drug-likeness (QED) is 0.849. The Morgan fingerprint density at radius 3 is 2.67 bits per heavy atom. The van der Waals surface area contributed by atoms with E-state index in [9.17, 15) is 4.79 Å². The summed E-state index contributed by atoms with van der Waals surface area (Å²) >= 11 is 0. The molecule has 2 N–H and O–H groups in total. The Morgan fingerprint density at radius 2 is 2.06 bits per heavy atom. The maximum absolute atomic E-state index is 12.6. The lowest BCUT2D eigenvalue weighted by molar-refractivity contribution is 0.0631. The molecule has 2 heterocycles. The predicted octanol–water partition coefficient (Wildman–Crippen LogP) is 1.62. The summed E-state index contributed by atoms with van der Waals surface area (Å²) in [4.78, 5) is 17.7. The molecule has 0 spiro atoms. The first-order valence-corrected chi connectivity index (χ1v) is 6.99. The van der Waals surface area contributed by atoms with Crippen LogP contribution in [0, 0.1) is 5.92 Å². The first-order valence-electron chi connectivity index (χ1n) is 6.99. The average molecular weight is 247 g/mol. The number of aromatic amines is 1. The summed E-state index contributed by atoms with van der Waals surface area (Å²) in [6.45, 7) is 3.02. The lowest BCUT2D eigenvalue weighted by atomic mass is 10.0. The molecule has 2 fully saturated rings. The summed E-state index contributed by atoms with van der Waals surface area (Å²) in [6, 6.07) is 2.30. The summed E-state index contributed by atoms with van der Waals surface area (Å²) in [5, 5.41) is 3.37. The van der Waals surface area contributed by atoms with Gasteiger partial charge in [0.1, 0.15) is 0 Å². The van der Waals surface area contributed by atoms with Crippen LogP contribution in [0.2, 0.25) is 0 Å². The molecule has 0 bridgehead atoms. The maximum Gasteiger partial charge on any atom is 0.255 e. The van der Waals surface area contributed by atoms with Crippen molar-refractivity contribution < 1.29 is 4.79 Å². The fourth-order valence-corrected chi connectivity index (χ4v) is 2.72. The number of nitrogens with one attached hydrogen (secondary N) is 2. The number of piperidine rings is 1. The van der Waals surface area contributed by atoms with Crippen molar-refractivity contribution in [3.63, 3.8) is 0 Å². The van der Waals surface area contributed by atoms with Gasteiger partial charge in [0.25, 0.3) is 5.91 Å². The summed E-state index contributed by atoms with van der Waals surface area (Å²) in [7, 11) is 0. The van der Waals surface area contributed by atoms with E-state index < -0.39 is 0 Å². The molecule has 1 amide bonds. The van der Waals surface area contributed by atoms with E-state index in [0.29, 0.717) is 6.04 Å². The van der Waals surface area contributed by atoms with Crippen LogP contribution in [0.5, 0.6) is 0 Å². The molecule has 1 saturated carbocycles. The molecule has 1 aliphatic carbocycles. The number of hydrogen-bond donors (Lipinski definition) is 2. The van der Waals surface area contributed by atoms with E-state index in [1.165, 1.54) is 12.8 Å². The highest BCUT2D eigenvalue weighted by molar-refractivity contribution is 5.94. The molecular weight excluding hydrogens is 226 g/mol. The second-order valence-electron chi connectivity index (χ2n) is 5.48. The third-order valence-electron chi connectivity index (χ3n) is 4.01. The zero-order valence-corrected chi connectivity index (χ0v) is 10.7. The van der Waals surface area contributed by atoms with Gasteiger partial charge in [-0.2, -0.15) is 0 Å². The third-order valence-corrected chi connectivity index (χ3v) is 4.01. The number of nitrogens with zero attached hydrogens (tertiary/aromatic N) is 1. The molecule has 0 unspecified atom stereocenters. The van der Waals surface area contributed by atoms with Crippen LogP contribution >= 0.6 is 0 Å². The van der Waals surface area contributed by atoms with Crippen LogP contribution in [0.3, 0.4) is 0 Å². The van der Waals surface area contributed by atoms with E-state index in [-0.39, 0.29) is 5.91 Å². The second-order valence-corrected chi connectivity index (χ2v) is 5.48. The summed E-state index contributed by atoms with van der Waals surface area (Å²) in [5.74, 6) is 0.956. The van der Waals surface area contributed by atoms with Gasteiger partial charge in [-0.05, 0) is 50.8 Å². The third kappa shape index (κ3) is 2.58. The molecule has 0 aromatic carbocycles. The Kier molecular flexibility index (Phi) is 3.37. The van der Waals surface area contributed by atoms with Crippen molar-refractivity contribution in [3.8, 4) is 0 Å². The number of aromatic nitrogens is 1. The molecule has 98 valence electrons. The van der Waals surface area contributed by atoms with Crippen LogP contribution < -0.4 is 5.32 Å². The van der Waals surface area contributed by atoms with E-state index in [1.54, 1.807) is 0 Å². The largest absolute Gasteiger partial charge is 0.367 e. The lowest BCUT2D eigenvalue weighted by Crippen LogP contribution is -2.47. The number of carbonyl (C=O) groups excluding carboxylic acids is 1. The first kappa shape index (κ1) is 11.8. The van der Waals surface area contributed by atoms with Gasteiger partial charge in [0, 0.05) is 25.0 Å². The van der Waals surface area contributed by atoms with Gasteiger partial charge < -0.3 is 15.2 Å². The molecule has 4 heteroatoms. The van der Waals surface area contributed by atoms with E-state index >= 15 is 0 Å². The standard InChI is InChI=1S/C14H21N3O/c18-14(12-3-6-16-9-12)17(10-11-1-2-11)13-4-7-15-8-5-13/h3,6,9,11,13,15-16H,1-2,4-5,7-8,10H2. The van der Waals surface area contributed by atoms with Gasteiger partial charge in [0.05, 0.1) is 5.56 Å². The van der Waals surface area contributed by atoms with Crippen LogP contribution in [0.4, 0.5) is 0 Å². The lowest BCUT2D eigenvalue weighted by Gasteiger charge is -2.34. The summed E-state index contributed by atoms with van der Waals surface area (Å²) in [6.07, 6.45) is 8.39. The highest BCUT2D eigenvalue weighted by atomic mass is 16.2. The highest BCUT2D eigenvalue weighted by Crippen LogP contribution is 2.31. The minimum atomic E-state index is 0.204. The SMILES string of the molecule is O=C(c1cc[nH]c1)N(CC1CC1)C1CCNCC1. The molecule has 18 heavy (non-hydrogen) atoms. The van der Waals surface area contributed by atoms with Crippen molar-refractivity contribution in [2.45, 2.75) is 31.7 Å². The molecule has 2 aliphatic rings. The minimum Gasteiger partial charge on any atom is -0.367 e. The van der Waals surface area contributed by atoms with E-state index in [2.05, 4.69) is 15.2 Å². The van der Waals surface area contributed by atoms with Gasteiger partial charge in [-0.3, -0.25) is 4.79 Å².